The van der Waals surface area contributed by atoms with E-state index in [1.807, 2.05) is 0 Å². The highest BCUT2D eigenvalue weighted by Crippen LogP contribution is 2.32. The Morgan fingerprint density at radius 3 is 2.54 bits per heavy atom. The van der Waals surface area contributed by atoms with Crippen LogP contribution in [0.1, 0.15) is 5.56 Å². The molecule has 0 aliphatic carbocycles. The molecule has 0 bridgehead atoms. The summed E-state index contributed by atoms with van der Waals surface area (Å²) in [5.41, 5.74) is 3.58. The van der Waals surface area contributed by atoms with Crippen LogP contribution in [-0.2, 0) is 6.05 Å². The second kappa shape index (κ2) is 2.94. The summed E-state index contributed by atoms with van der Waals surface area (Å²) in [5.74, 6) is -1.27. The van der Waals surface area contributed by atoms with E-state index in [9.17, 15) is 13.2 Å². The Bertz CT molecular complexity index is 370. The van der Waals surface area contributed by atoms with E-state index < -0.39 is 23.1 Å². The predicted molar refractivity (Wildman–Crippen MR) is 39.8 cm³/mol. The van der Waals surface area contributed by atoms with Crippen molar-refractivity contribution in [1.82, 2.24) is 0 Å². The van der Waals surface area contributed by atoms with Gasteiger partial charge in [-0.2, -0.15) is 0 Å². The van der Waals surface area contributed by atoms with Crippen molar-refractivity contribution in [2.45, 2.75) is 6.05 Å². The first-order valence-corrected chi connectivity index (χ1v) is 3.27. The van der Waals surface area contributed by atoms with E-state index in [1.165, 1.54) is 0 Å². The Morgan fingerprint density at radius 2 is 2.00 bits per heavy atom. The van der Waals surface area contributed by atoms with Gasteiger partial charge in [0, 0.05) is 0 Å². The van der Waals surface area contributed by atoms with Gasteiger partial charge in [0.1, 0.15) is 0 Å². The minimum atomic E-state index is -3.96. The van der Waals surface area contributed by atoms with Crippen LogP contribution in [0.5, 0.6) is 0 Å². The van der Waals surface area contributed by atoms with Gasteiger partial charge in [0.2, 0.25) is 10.4 Å². The van der Waals surface area contributed by atoms with E-state index in [-0.39, 0.29) is 0 Å². The van der Waals surface area contributed by atoms with Gasteiger partial charge >= 0.3 is 6.05 Å². The molecule has 1 rings (SSSR count). The largest absolute Gasteiger partial charge is 0.644 e. The summed E-state index contributed by atoms with van der Waals surface area (Å²) < 4.78 is 38.1. The molecule has 6 heteroatoms. The Hall–Kier alpha value is -1.77. The Kier molecular flexibility index (Phi) is 2.10. The molecule has 0 aliphatic heterocycles. The molecule has 0 unspecified atom stereocenters. The fraction of sp³-hybridized carbons (Fsp3) is 0.143. The number of nitrogens with zero attached hydrogens (tertiary/aromatic N) is 2. The third-order valence-corrected chi connectivity index (χ3v) is 1.48. The van der Waals surface area contributed by atoms with Crippen molar-refractivity contribution in [3.8, 4) is 0 Å². The van der Waals surface area contributed by atoms with Crippen molar-refractivity contribution in [2.24, 2.45) is 0 Å². The van der Waals surface area contributed by atoms with Crippen LogP contribution >= 0.6 is 0 Å². The van der Waals surface area contributed by atoms with E-state index in [0.717, 1.165) is 18.2 Å². The van der Waals surface area contributed by atoms with Gasteiger partial charge in [-0.3, -0.25) is 0 Å². The summed E-state index contributed by atoms with van der Waals surface area (Å²) in [6.07, 6.45) is 0. The predicted octanol–water partition coefficient (Wildman–Crippen LogP) is 2.31. The molecule has 3 nitrogen and oxygen atoms in total. The number of diazo groups is 1. The zero-order chi connectivity index (χ0) is 10.1. The SMILES string of the molecule is N#[N+]C(F)(F)c1cccc(N)c1F. The second-order valence-electron chi connectivity index (χ2n) is 2.35. The Morgan fingerprint density at radius 1 is 1.38 bits per heavy atom. The maximum atomic E-state index is 12.9. The lowest BCUT2D eigenvalue weighted by Crippen LogP contribution is -2.11. The van der Waals surface area contributed by atoms with Crippen molar-refractivity contribution < 1.29 is 13.2 Å². The fourth-order valence-electron chi connectivity index (χ4n) is 0.836. The van der Waals surface area contributed by atoms with E-state index in [2.05, 4.69) is 0 Å². The van der Waals surface area contributed by atoms with Gasteiger partial charge in [-0.1, -0.05) is 6.07 Å². The minimum absolute atomic E-state index is 0.416. The molecule has 1 aromatic carbocycles. The van der Waals surface area contributed by atoms with Gasteiger partial charge in [-0.25, -0.2) is 4.39 Å². The van der Waals surface area contributed by atoms with Crippen LogP contribution in [0, 0.1) is 11.2 Å². The molecule has 0 fully saturated rings. The molecule has 0 saturated carbocycles. The topological polar surface area (TPSA) is 54.2 Å². The van der Waals surface area contributed by atoms with Crippen molar-refractivity contribution >= 4 is 5.69 Å². The molecule has 0 aliphatic rings. The zero-order valence-electron chi connectivity index (χ0n) is 6.34. The lowest BCUT2D eigenvalue weighted by molar-refractivity contribution is 0.0420. The number of anilines is 1. The summed E-state index contributed by atoms with van der Waals surface area (Å²) in [5, 5.41) is 7.93. The quantitative estimate of drug-likeness (QED) is 0.417. The third kappa shape index (κ3) is 1.54. The maximum absolute atomic E-state index is 12.9. The van der Waals surface area contributed by atoms with E-state index in [4.69, 9.17) is 11.1 Å². The molecule has 0 radical (unpaired) electrons. The highest BCUT2D eigenvalue weighted by Gasteiger charge is 2.50. The molecule has 0 aromatic heterocycles. The Labute approximate surface area is 71.6 Å². The summed E-state index contributed by atoms with van der Waals surface area (Å²) in [7, 11) is 0. The van der Waals surface area contributed by atoms with Crippen LogP contribution in [-0.4, -0.2) is 0 Å². The van der Waals surface area contributed by atoms with Crippen molar-refractivity contribution in [2.75, 3.05) is 5.73 Å². The lowest BCUT2D eigenvalue weighted by atomic mass is 10.1. The van der Waals surface area contributed by atoms with Crippen molar-refractivity contribution in [3.05, 3.63) is 34.6 Å². The zero-order valence-corrected chi connectivity index (χ0v) is 6.34. The van der Waals surface area contributed by atoms with E-state index in [1.54, 1.807) is 4.98 Å². The summed E-state index contributed by atoms with van der Waals surface area (Å²) in [4.78, 5) is 1.76. The normalized spacial score (nSPS) is 10.9. The minimum Gasteiger partial charge on any atom is -0.396 e. The number of benzene rings is 1. The molecule has 0 heterocycles. The molecule has 0 spiro atoms. The van der Waals surface area contributed by atoms with E-state index >= 15 is 0 Å². The molecule has 0 saturated heterocycles. The van der Waals surface area contributed by atoms with E-state index in [0.29, 0.717) is 0 Å². The molecule has 2 N–H and O–H groups in total. The van der Waals surface area contributed by atoms with Crippen LogP contribution in [0.3, 0.4) is 0 Å². The maximum Gasteiger partial charge on any atom is 0.644 e. The van der Waals surface area contributed by atoms with Crippen molar-refractivity contribution in [3.63, 3.8) is 0 Å². The van der Waals surface area contributed by atoms with Gasteiger partial charge in [0.15, 0.2) is 11.4 Å². The van der Waals surface area contributed by atoms with Crippen LogP contribution in [0.25, 0.3) is 4.98 Å². The molecule has 1 aromatic rings. The fourth-order valence-corrected chi connectivity index (χ4v) is 0.836. The van der Waals surface area contributed by atoms with Crippen LogP contribution < -0.4 is 5.73 Å². The standard InChI is InChI=1S/C7H5F3N3/c8-6-4(7(9,10)13-12)2-1-3-5(6)11/h1-3H,11H2/q+1. The average Bonchev–Trinajstić information content (AvgIpc) is 2.09. The number of hydrogen-bond donors (Lipinski definition) is 1. The number of rotatable bonds is 1. The number of hydrogen-bond acceptors (Lipinski definition) is 2. The summed E-state index contributed by atoms with van der Waals surface area (Å²) in [6, 6.07) is -0.885. The van der Waals surface area contributed by atoms with Gasteiger partial charge < -0.3 is 5.73 Å². The van der Waals surface area contributed by atoms with Gasteiger partial charge in [-0.05, 0) is 12.1 Å². The third-order valence-electron chi connectivity index (χ3n) is 1.48. The summed E-state index contributed by atoms with van der Waals surface area (Å²) >= 11 is 0. The first kappa shape index (κ1) is 9.32. The van der Waals surface area contributed by atoms with Gasteiger partial charge in [0.05, 0.1) is 5.69 Å². The highest BCUT2D eigenvalue weighted by molar-refractivity contribution is 5.44. The first-order valence-electron chi connectivity index (χ1n) is 3.27. The molecule has 68 valence electrons. The lowest BCUT2D eigenvalue weighted by Gasteiger charge is -2.00. The molecular weight excluding hydrogens is 183 g/mol. The second-order valence-corrected chi connectivity index (χ2v) is 2.35. The van der Waals surface area contributed by atoms with Gasteiger partial charge in [-0.15, -0.1) is 8.78 Å². The average molecular weight is 188 g/mol. The van der Waals surface area contributed by atoms with Crippen molar-refractivity contribution in [1.29, 1.82) is 5.39 Å². The smallest absolute Gasteiger partial charge is 0.396 e. The molecular formula is C7H5F3N3+. The number of halogens is 3. The molecule has 0 atom stereocenters. The monoisotopic (exact) mass is 188 g/mol. The Balaban J connectivity index is 3.33. The first-order chi connectivity index (χ1) is 5.99. The molecule has 13 heavy (non-hydrogen) atoms. The number of nitrogens with two attached hydrogens (primary N) is 1. The van der Waals surface area contributed by atoms with Gasteiger partial charge in [0.25, 0.3) is 0 Å². The summed E-state index contributed by atoms with van der Waals surface area (Å²) in [6.45, 7) is 0. The van der Waals surface area contributed by atoms with Crippen LogP contribution in [0.4, 0.5) is 18.9 Å². The number of alkyl halides is 2. The molecule has 0 amide bonds. The van der Waals surface area contributed by atoms with Crippen LogP contribution in [0.2, 0.25) is 0 Å². The number of nitrogen functional groups attached to an aromatic ring is 1. The van der Waals surface area contributed by atoms with Crippen LogP contribution in [0.15, 0.2) is 18.2 Å². The highest BCUT2D eigenvalue weighted by atomic mass is 19.3.